The number of anilines is 5. The van der Waals surface area contributed by atoms with Gasteiger partial charge in [-0.1, -0.05) is 178 Å². The van der Waals surface area contributed by atoms with E-state index in [-0.39, 0.29) is 12.3 Å². The second kappa shape index (κ2) is 13.7. The Morgan fingerprint density at radius 3 is 1.91 bits per heavy atom. The molecule has 10 aromatic rings. The maximum atomic E-state index is 2.74. The Kier molecular flexibility index (Phi) is 8.00. The molecule has 1 aromatic heterocycles. The predicted molar refractivity (Wildman–Crippen MR) is 274 cm³/mol. The van der Waals surface area contributed by atoms with Crippen LogP contribution >= 0.6 is 11.3 Å². The Balaban J connectivity index is 1.19. The molecule has 64 heavy (non-hydrogen) atoms. The predicted octanol–water partition coefficient (Wildman–Crippen LogP) is 14.7. The summed E-state index contributed by atoms with van der Waals surface area (Å²) in [4.78, 5) is 5.36. The molecule has 0 unspecified atom stereocenters. The number of nitrogens with zero attached hydrogens (tertiary/aromatic N) is 2. The third-order valence-electron chi connectivity index (χ3n) is 14.3. The highest BCUT2D eigenvalue weighted by Gasteiger charge is 2.53. The zero-order valence-electron chi connectivity index (χ0n) is 36.4. The number of fused-ring (bicyclic) bond motifs is 9. The van der Waals surface area contributed by atoms with E-state index in [1.165, 1.54) is 115 Å². The van der Waals surface area contributed by atoms with E-state index in [1.54, 1.807) is 0 Å². The molecular weight excluding hydrogens is 792 g/mol. The summed E-state index contributed by atoms with van der Waals surface area (Å²) in [5.41, 5.74) is 21.0. The minimum absolute atomic E-state index is 0.0188. The summed E-state index contributed by atoms with van der Waals surface area (Å²) in [5.74, 6) is 0. The van der Waals surface area contributed by atoms with E-state index in [0.29, 0.717) is 0 Å². The van der Waals surface area contributed by atoms with E-state index in [9.17, 15) is 0 Å². The molecule has 2 nitrogen and oxygen atoms in total. The molecule has 0 aliphatic carbocycles. The van der Waals surface area contributed by atoms with Gasteiger partial charge in [0.2, 0.25) is 0 Å². The van der Waals surface area contributed by atoms with E-state index < -0.39 is 5.41 Å². The lowest BCUT2D eigenvalue weighted by molar-refractivity contribution is 0.590. The first kappa shape index (κ1) is 37.4. The molecule has 0 amide bonds. The minimum atomic E-state index is -0.552. The van der Waals surface area contributed by atoms with Crippen LogP contribution in [0.5, 0.6) is 0 Å². The van der Waals surface area contributed by atoms with Crippen LogP contribution in [0.15, 0.2) is 200 Å². The summed E-state index contributed by atoms with van der Waals surface area (Å²) in [6.07, 6.45) is 0. The molecule has 4 heteroatoms. The number of benzene rings is 9. The smallest absolute Gasteiger partial charge is 0.333 e. The molecule has 13 rings (SSSR count). The Labute approximate surface area is 379 Å². The molecule has 3 aliphatic rings. The third kappa shape index (κ3) is 5.15. The zero-order chi connectivity index (χ0) is 42.9. The Morgan fingerprint density at radius 1 is 0.484 bits per heavy atom. The molecular formula is C60H45BN2S. The van der Waals surface area contributed by atoms with Gasteiger partial charge >= 0.3 is 6.85 Å². The minimum Gasteiger partial charge on any atom is -0.376 e. The fourth-order valence-electron chi connectivity index (χ4n) is 11.5. The van der Waals surface area contributed by atoms with Gasteiger partial charge in [-0.05, 0) is 110 Å². The van der Waals surface area contributed by atoms with E-state index in [1.807, 2.05) is 11.3 Å². The average molecular weight is 837 g/mol. The van der Waals surface area contributed by atoms with Gasteiger partial charge in [0.25, 0.3) is 0 Å². The molecule has 9 aromatic carbocycles. The first-order chi connectivity index (χ1) is 31.3. The summed E-state index contributed by atoms with van der Waals surface area (Å²) in [7, 11) is 0. The highest BCUT2D eigenvalue weighted by molar-refractivity contribution is 7.26. The summed E-state index contributed by atoms with van der Waals surface area (Å²) in [6, 6.07) is 76.0. The van der Waals surface area contributed by atoms with Gasteiger partial charge in [0, 0.05) is 54.0 Å². The van der Waals surface area contributed by atoms with Crippen molar-refractivity contribution in [3.05, 3.63) is 234 Å². The molecule has 0 bridgehead atoms. The van der Waals surface area contributed by atoms with Crippen molar-refractivity contribution >= 4 is 77.7 Å². The first-order valence-electron chi connectivity index (χ1n) is 22.5. The average Bonchev–Trinajstić information content (AvgIpc) is 3.69. The summed E-state index contributed by atoms with van der Waals surface area (Å²) in [6.45, 7) is 9.14. The van der Waals surface area contributed by atoms with E-state index in [2.05, 4.69) is 238 Å². The van der Waals surface area contributed by atoms with Crippen molar-refractivity contribution < 1.29 is 0 Å². The van der Waals surface area contributed by atoms with Gasteiger partial charge in [0.15, 0.2) is 0 Å². The number of para-hydroxylation sites is 2. The number of aryl methyl sites for hydroxylation is 1. The quantitative estimate of drug-likeness (QED) is 0.163. The van der Waals surface area contributed by atoms with Crippen molar-refractivity contribution in [2.45, 2.75) is 38.5 Å². The fourth-order valence-corrected chi connectivity index (χ4v) is 12.7. The second-order valence-electron chi connectivity index (χ2n) is 18.9. The van der Waals surface area contributed by atoms with Crippen molar-refractivity contribution in [2.24, 2.45) is 0 Å². The Hall–Kier alpha value is -7.14. The lowest BCUT2D eigenvalue weighted by Crippen LogP contribution is -2.63. The fraction of sp³-hybridized carbons (Fsp3) is 0.100. The molecule has 0 radical (unpaired) electrons. The maximum Gasteiger partial charge on any atom is 0.333 e. The lowest BCUT2D eigenvalue weighted by atomic mass is 9.42. The molecule has 3 aliphatic heterocycles. The van der Waals surface area contributed by atoms with Gasteiger partial charge < -0.3 is 9.71 Å². The highest BCUT2D eigenvalue weighted by atomic mass is 32.1. The summed E-state index contributed by atoms with van der Waals surface area (Å²) in [5, 5.41) is 2.61. The van der Waals surface area contributed by atoms with Crippen LogP contribution in [0.4, 0.5) is 28.4 Å². The van der Waals surface area contributed by atoms with Crippen molar-refractivity contribution in [1.29, 1.82) is 0 Å². The molecule has 0 spiro atoms. The van der Waals surface area contributed by atoms with Gasteiger partial charge in [-0.2, -0.15) is 0 Å². The SMILES string of the molecule is Cc1cc2c3c(c1)N(c1ccc(C(C)(C)C)cc1-c1ccccc1)c1cc4c(cc1B3N1c3ccccc3C(c3ccccc3)(c3ccccc3)c3cccc-2c31)sc1ccccc14. The van der Waals surface area contributed by atoms with Crippen LogP contribution in [-0.2, 0) is 10.8 Å². The van der Waals surface area contributed by atoms with Crippen molar-refractivity contribution in [3.8, 4) is 22.3 Å². The van der Waals surface area contributed by atoms with Gasteiger partial charge in [-0.15, -0.1) is 11.3 Å². The standard InChI is InChI=1S/C60H45BN2S/c1-38-33-47-44-26-18-28-49-58(44)63(52-29-16-15-27-48(52)60(49,40-21-10-6-11-22-40)41-23-12-7-13-24-41)61-50-37-56-46(43-25-14-17-30-55(43)64-56)36-53(50)62(54(34-38)57(47)61)51-32-31-42(59(2,3)4)35-45(51)39-19-8-5-9-20-39/h5-37H,1-4H3. The first-order valence-corrected chi connectivity index (χ1v) is 23.4. The van der Waals surface area contributed by atoms with Crippen LogP contribution in [0.1, 0.15) is 54.2 Å². The Morgan fingerprint density at radius 2 is 1.16 bits per heavy atom. The Bertz CT molecular complexity index is 3470. The monoisotopic (exact) mass is 836 g/mol. The largest absolute Gasteiger partial charge is 0.376 e. The molecule has 0 saturated heterocycles. The van der Waals surface area contributed by atoms with Gasteiger partial charge in [0.1, 0.15) is 0 Å². The molecule has 4 heterocycles. The molecule has 304 valence electrons. The highest BCUT2D eigenvalue weighted by Crippen LogP contribution is 2.60. The normalized spacial score (nSPS) is 14.3. The van der Waals surface area contributed by atoms with Gasteiger partial charge in [-0.25, -0.2) is 0 Å². The summed E-state index contributed by atoms with van der Waals surface area (Å²) < 4.78 is 2.63. The van der Waals surface area contributed by atoms with Gasteiger partial charge in [-0.3, -0.25) is 0 Å². The number of hydrogen-bond donors (Lipinski definition) is 0. The number of thiophene rings is 1. The number of hydrogen-bond acceptors (Lipinski definition) is 3. The van der Waals surface area contributed by atoms with Crippen molar-refractivity contribution in [3.63, 3.8) is 0 Å². The topological polar surface area (TPSA) is 6.48 Å². The van der Waals surface area contributed by atoms with E-state index in [0.717, 1.165) is 0 Å². The maximum absolute atomic E-state index is 2.74. The summed E-state index contributed by atoms with van der Waals surface area (Å²) >= 11 is 1.91. The molecule has 0 atom stereocenters. The second-order valence-corrected chi connectivity index (χ2v) is 20.0. The number of rotatable bonds is 4. The van der Waals surface area contributed by atoms with Crippen molar-refractivity contribution in [2.75, 3.05) is 9.71 Å². The zero-order valence-corrected chi connectivity index (χ0v) is 37.2. The molecule has 0 N–H and O–H groups in total. The van der Waals surface area contributed by atoms with Crippen LogP contribution in [0.2, 0.25) is 0 Å². The molecule has 0 saturated carbocycles. The third-order valence-corrected chi connectivity index (χ3v) is 15.4. The van der Waals surface area contributed by atoms with Crippen LogP contribution < -0.4 is 20.6 Å². The molecule has 0 fully saturated rings. The lowest BCUT2D eigenvalue weighted by Gasteiger charge is -2.53. The van der Waals surface area contributed by atoms with Crippen LogP contribution in [0.3, 0.4) is 0 Å². The van der Waals surface area contributed by atoms with E-state index in [4.69, 9.17) is 0 Å². The van der Waals surface area contributed by atoms with Crippen molar-refractivity contribution in [1.82, 2.24) is 0 Å². The van der Waals surface area contributed by atoms with Crippen LogP contribution in [0, 0.1) is 6.92 Å². The van der Waals surface area contributed by atoms with Gasteiger partial charge in [0.05, 0.1) is 11.1 Å². The van der Waals surface area contributed by atoms with E-state index >= 15 is 0 Å². The van der Waals surface area contributed by atoms with Crippen LogP contribution in [0.25, 0.3) is 42.4 Å². The van der Waals surface area contributed by atoms with Crippen LogP contribution in [-0.4, -0.2) is 6.85 Å².